The highest BCUT2D eigenvalue weighted by Crippen LogP contribution is 2.28. The Labute approximate surface area is 163 Å². The van der Waals surface area contributed by atoms with Gasteiger partial charge in [0, 0.05) is 10.9 Å². The van der Waals surface area contributed by atoms with Crippen LogP contribution in [0.4, 0.5) is 5.69 Å². The fraction of sp³-hybridized carbons (Fsp3) is 0.368. The van der Waals surface area contributed by atoms with Gasteiger partial charge in [0.2, 0.25) is 0 Å². The zero-order valence-corrected chi connectivity index (χ0v) is 16.7. The van der Waals surface area contributed by atoms with Gasteiger partial charge in [-0.2, -0.15) is 0 Å². The van der Waals surface area contributed by atoms with E-state index >= 15 is 0 Å². The number of nitrogens with one attached hydrogen (secondary N) is 3. The molecule has 1 aromatic carbocycles. The zero-order chi connectivity index (χ0) is 19.6. The molecule has 1 heterocycles. The largest absolute Gasteiger partial charge is 0.497 e. The molecule has 1 aromatic heterocycles. The summed E-state index contributed by atoms with van der Waals surface area (Å²) < 4.78 is 10.5. The van der Waals surface area contributed by atoms with E-state index < -0.39 is 0 Å². The zero-order valence-electron chi connectivity index (χ0n) is 15.8. The van der Waals surface area contributed by atoms with Gasteiger partial charge in [-0.1, -0.05) is 6.07 Å². The van der Waals surface area contributed by atoms with Gasteiger partial charge in [-0.25, -0.2) is 0 Å². The summed E-state index contributed by atoms with van der Waals surface area (Å²) in [5.41, 5.74) is 0.541. The number of amides is 2. The van der Waals surface area contributed by atoms with E-state index in [0.29, 0.717) is 30.3 Å². The number of carbonyl (C=O) groups is 2. The van der Waals surface area contributed by atoms with E-state index in [0.717, 1.165) is 9.78 Å². The van der Waals surface area contributed by atoms with E-state index in [-0.39, 0.29) is 24.9 Å². The molecular formula is C19H26N3O4S+. The maximum Gasteiger partial charge on any atom is 0.279 e. The van der Waals surface area contributed by atoms with E-state index in [1.807, 2.05) is 24.4 Å². The third kappa shape index (κ3) is 6.58. The van der Waals surface area contributed by atoms with Gasteiger partial charge in [0.25, 0.3) is 11.8 Å². The average Bonchev–Trinajstić information content (AvgIpc) is 3.19. The van der Waals surface area contributed by atoms with Crippen LogP contribution in [0.5, 0.6) is 11.5 Å². The van der Waals surface area contributed by atoms with Crippen molar-refractivity contribution in [2.24, 2.45) is 0 Å². The van der Waals surface area contributed by atoms with Crippen LogP contribution in [-0.4, -0.2) is 45.7 Å². The number of hydrogen-bond donors (Lipinski definition) is 3. The Balaban J connectivity index is 1.87. The minimum absolute atomic E-state index is 0.0768. The van der Waals surface area contributed by atoms with E-state index in [9.17, 15) is 9.59 Å². The van der Waals surface area contributed by atoms with Gasteiger partial charge >= 0.3 is 0 Å². The molecule has 2 rings (SSSR count). The SMILES string of the molecule is CC[NH+](CC(=O)NCc1cccs1)CC(=O)Nc1cc(OC)ccc1OC. The molecule has 0 aliphatic carbocycles. The van der Waals surface area contributed by atoms with Crippen molar-refractivity contribution in [2.45, 2.75) is 13.5 Å². The van der Waals surface area contributed by atoms with Crippen molar-refractivity contribution in [3.05, 3.63) is 40.6 Å². The molecule has 0 aliphatic rings. The molecule has 2 amide bonds. The molecule has 1 unspecified atom stereocenters. The Morgan fingerprint density at radius 2 is 1.89 bits per heavy atom. The van der Waals surface area contributed by atoms with Gasteiger partial charge in [-0.05, 0) is 30.5 Å². The Morgan fingerprint density at radius 1 is 1.11 bits per heavy atom. The standard InChI is InChI=1S/C19H25N3O4S/c1-4-22(12-18(23)20-11-15-6-5-9-27-15)13-19(24)21-16-10-14(25-2)7-8-17(16)26-3/h5-10H,4,11-13H2,1-3H3,(H,20,23)(H,21,24)/p+1. The molecule has 0 spiro atoms. The maximum absolute atomic E-state index is 12.4. The number of carbonyl (C=O) groups excluding carboxylic acids is 2. The van der Waals surface area contributed by atoms with Crippen molar-refractivity contribution in [1.82, 2.24) is 5.32 Å². The van der Waals surface area contributed by atoms with Crippen LogP contribution in [0.2, 0.25) is 0 Å². The number of hydrogen-bond acceptors (Lipinski definition) is 5. The molecule has 146 valence electrons. The first-order chi connectivity index (χ1) is 13.0. The van der Waals surface area contributed by atoms with E-state index in [4.69, 9.17) is 9.47 Å². The van der Waals surface area contributed by atoms with Gasteiger partial charge in [-0.15, -0.1) is 11.3 Å². The van der Waals surface area contributed by atoms with E-state index in [1.54, 1.807) is 43.8 Å². The highest BCUT2D eigenvalue weighted by atomic mass is 32.1. The Morgan fingerprint density at radius 3 is 2.52 bits per heavy atom. The van der Waals surface area contributed by atoms with E-state index in [2.05, 4.69) is 10.6 Å². The highest BCUT2D eigenvalue weighted by Gasteiger charge is 2.18. The van der Waals surface area contributed by atoms with Crippen LogP contribution in [0.1, 0.15) is 11.8 Å². The van der Waals surface area contributed by atoms with Crippen molar-refractivity contribution in [1.29, 1.82) is 0 Å². The lowest BCUT2D eigenvalue weighted by atomic mass is 10.2. The van der Waals surface area contributed by atoms with Gasteiger partial charge in [-0.3, -0.25) is 9.59 Å². The third-order valence-corrected chi connectivity index (χ3v) is 4.92. The summed E-state index contributed by atoms with van der Waals surface area (Å²) in [5.74, 6) is 0.908. The second-order valence-electron chi connectivity index (χ2n) is 5.93. The smallest absolute Gasteiger partial charge is 0.279 e. The second-order valence-corrected chi connectivity index (χ2v) is 6.96. The lowest BCUT2D eigenvalue weighted by molar-refractivity contribution is -0.881. The van der Waals surface area contributed by atoms with Gasteiger partial charge in [0.1, 0.15) is 11.5 Å². The molecule has 2 aromatic rings. The summed E-state index contributed by atoms with van der Waals surface area (Å²) in [4.78, 5) is 26.5. The average molecular weight is 393 g/mol. The van der Waals surface area contributed by atoms with Crippen molar-refractivity contribution >= 4 is 28.8 Å². The molecular weight excluding hydrogens is 366 g/mol. The lowest BCUT2D eigenvalue weighted by Crippen LogP contribution is -3.13. The number of methoxy groups -OCH3 is 2. The molecule has 1 atom stereocenters. The van der Waals surface area contributed by atoms with Gasteiger partial charge < -0.3 is 25.0 Å². The fourth-order valence-electron chi connectivity index (χ4n) is 2.53. The molecule has 3 N–H and O–H groups in total. The van der Waals surface area contributed by atoms with Gasteiger partial charge in [0.05, 0.1) is 33.0 Å². The molecule has 27 heavy (non-hydrogen) atoms. The molecule has 0 aliphatic heterocycles. The molecule has 0 saturated carbocycles. The quantitative estimate of drug-likeness (QED) is 0.562. The number of likely N-dealkylation sites (N-methyl/N-ethyl adjacent to an activating group) is 1. The van der Waals surface area contributed by atoms with Crippen molar-refractivity contribution in [3.63, 3.8) is 0 Å². The number of anilines is 1. The summed E-state index contributed by atoms with van der Waals surface area (Å²) in [6.07, 6.45) is 0. The topological polar surface area (TPSA) is 81.1 Å². The minimum atomic E-state index is -0.190. The summed E-state index contributed by atoms with van der Waals surface area (Å²) in [6.45, 7) is 3.55. The van der Waals surface area contributed by atoms with Crippen LogP contribution in [0.25, 0.3) is 0 Å². The highest BCUT2D eigenvalue weighted by molar-refractivity contribution is 7.09. The van der Waals surface area contributed by atoms with Crippen LogP contribution >= 0.6 is 11.3 Å². The molecule has 0 fully saturated rings. The second kappa shape index (κ2) is 10.5. The molecule has 8 heteroatoms. The first kappa shape index (κ1) is 20.7. The first-order valence-electron chi connectivity index (χ1n) is 8.70. The summed E-state index contributed by atoms with van der Waals surface area (Å²) in [7, 11) is 3.10. The molecule has 0 saturated heterocycles. The first-order valence-corrected chi connectivity index (χ1v) is 9.58. The number of rotatable bonds is 10. The van der Waals surface area contributed by atoms with E-state index in [1.165, 1.54) is 0 Å². The Kier molecular flexibility index (Phi) is 8.09. The molecule has 0 bridgehead atoms. The predicted molar refractivity (Wildman–Crippen MR) is 106 cm³/mol. The lowest BCUT2D eigenvalue weighted by Gasteiger charge is -2.17. The summed E-state index contributed by atoms with van der Waals surface area (Å²) in [5, 5.41) is 7.70. The normalized spacial score (nSPS) is 11.5. The number of quaternary nitrogens is 1. The summed E-state index contributed by atoms with van der Waals surface area (Å²) in [6, 6.07) is 9.13. The maximum atomic E-state index is 12.4. The van der Waals surface area contributed by atoms with Crippen LogP contribution in [-0.2, 0) is 16.1 Å². The Hall–Kier alpha value is -2.58. The monoisotopic (exact) mass is 392 g/mol. The van der Waals surface area contributed by atoms with Crippen LogP contribution < -0.4 is 25.0 Å². The van der Waals surface area contributed by atoms with Crippen LogP contribution in [0.3, 0.4) is 0 Å². The predicted octanol–water partition coefficient (Wildman–Crippen LogP) is 0.925. The van der Waals surface area contributed by atoms with Crippen molar-refractivity contribution < 1.29 is 24.0 Å². The third-order valence-electron chi connectivity index (χ3n) is 4.04. The van der Waals surface area contributed by atoms with Crippen LogP contribution in [0, 0.1) is 0 Å². The number of thiophene rings is 1. The minimum Gasteiger partial charge on any atom is -0.497 e. The Bertz CT molecular complexity index is 749. The fourth-order valence-corrected chi connectivity index (χ4v) is 3.18. The summed E-state index contributed by atoms with van der Waals surface area (Å²) >= 11 is 1.60. The molecule has 7 nitrogen and oxygen atoms in total. The van der Waals surface area contributed by atoms with Crippen molar-refractivity contribution in [2.75, 3.05) is 39.2 Å². The van der Waals surface area contributed by atoms with Gasteiger partial charge in [0.15, 0.2) is 13.1 Å². The molecule has 0 radical (unpaired) electrons. The van der Waals surface area contributed by atoms with Crippen molar-refractivity contribution in [3.8, 4) is 11.5 Å². The van der Waals surface area contributed by atoms with Crippen LogP contribution in [0.15, 0.2) is 35.7 Å². The number of benzene rings is 1. The number of ether oxygens (including phenoxy) is 2.